The van der Waals surface area contributed by atoms with Gasteiger partial charge in [0.2, 0.25) is 0 Å². The number of phenols is 1. The van der Waals surface area contributed by atoms with Crippen molar-refractivity contribution in [1.29, 1.82) is 0 Å². The second-order valence-electron chi connectivity index (χ2n) is 8.45. The van der Waals surface area contributed by atoms with E-state index in [0.29, 0.717) is 25.1 Å². The Labute approximate surface area is 182 Å². The lowest BCUT2D eigenvalue weighted by Crippen LogP contribution is -2.37. The van der Waals surface area contributed by atoms with Crippen molar-refractivity contribution in [2.75, 3.05) is 31.2 Å². The van der Waals surface area contributed by atoms with Crippen LogP contribution in [-0.2, 0) is 11.3 Å². The van der Waals surface area contributed by atoms with Gasteiger partial charge in [-0.25, -0.2) is 9.97 Å². The van der Waals surface area contributed by atoms with E-state index in [1.54, 1.807) is 12.1 Å². The maximum Gasteiger partial charge on any atom is 0.162 e. The Morgan fingerprint density at radius 2 is 1.90 bits per heavy atom. The minimum atomic E-state index is 0.206. The molecule has 2 aromatic heterocycles. The summed E-state index contributed by atoms with van der Waals surface area (Å²) in [5.41, 5.74) is 3.57. The first-order valence-corrected chi connectivity index (χ1v) is 11.3. The van der Waals surface area contributed by atoms with Crippen molar-refractivity contribution in [3.8, 4) is 17.1 Å². The van der Waals surface area contributed by atoms with Crippen molar-refractivity contribution in [2.24, 2.45) is 0 Å². The van der Waals surface area contributed by atoms with Crippen LogP contribution in [0.15, 0.2) is 36.5 Å². The van der Waals surface area contributed by atoms with Crippen LogP contribution < -0.4 is 10.2 Å². The standard InChI is InChI=1S/C24H29N5O2/c30-20-8-4-5-18(14-20)23-27-21-13-17(15-25-19-6-2-1-3-7-19)16-26-22(21)24(28-23)29-9-11-31-12-10-29/h4-5,8,13-14,16,19,25,30H,1-3,6-7,9-12,15H2. The highest BCUT2D eigenvalue weighted by Crippen LogP contribution is 2.29. The summed E-state index contributed by atoms with van der Waals surface area (Å²) < 4.78 is 5.53. The molecule has 1 saturated carbocycles. The van der Waals surface area contributed by atoms with Crippen LogP contribution in [0.1, 0.15) is 37.7 Å². The Morgan fingerprint density at radius 3 is 2.71 bits per heavy atom. The highest BCUT2D eigenvalue weighted by molar-refractivity contribution is 5.88. The quantitative estimate of drug-likeness (QED) is 0.653. The van der Waals surface area contributed by atoms with Crippen molar-refractivity contribution in [2.45, 2.75) is 44.7 Å². The number of benzene rings is 1. The molecule has 1 aliphatic carbocycles. The second kappa shape index (κ2) is 9.16. The second-order valence-corrected chi connectivity index (χ2v) is 8.45. The molecular weight excluding hydrogens is 390 g/mol. The summed E-state index contributed by atoms with van der Waals surface area (Å²) in [5.74, 6) is 1.64. The van der Waals surface area contributed by atoms with Gasteiger partial charge in [-0.3, -0.25) is 4.98 Å². The van der Waals surface area contributed by atoms with E-state index >= 15 is 0 Å². The molecule has 2 N–H and O–H groups in total. The van der Waals surface area contributed by atoms with E-state index in [0.717, 1.165) is 47.6 Å². The molecule has 0 amide bonds. The molecule has 0 radical (unpaired) electrons. The van der Waals surface area contributed by atoms with Crippen LogP contribution in [0.25, 0.3) is 22.4 Å². The molecule has 1 aromatic carbocycles. The lowest BCUT2D eigenvalue weighted by molar-refractivity contribution is 0.122. The van der Waals surface area contributed by atoms with E-state index < -0.39 is 0 Å². The van der Waals surface area contributed by atoms with Gasteiger partial charge in [-0.15, -0.1) is 0 Å². The summed E-state index contributed by atoms with van der Waals surface area (Å²) in [6.07, 6.45) is 8.44. The highest BCUT2D eigenvalue weighted by Gasteiger charge is 2.20. The molecule has 7 nitrogen and oxygen atoms in total. The van der Waals surface area contributed by atoms with Crippen molar-refractivity contribution >= 4 is 16.9 Å². The molecule has 2 aliphatic rings. The van der Waals surface area contributed by atoms with Gasteiger partial charge >= 0.3 is 0 Å². The van der Waals surface area contributed by atoms with Crippen molar-refractivity contribution in [3.63, 3.8) is 0 Å². The number of fused-ring (bicyclic) bond motifs is 1. The van der Waals surface area contributed by atoms with Crippen LogP contribution in [0.4, 0.5) is 5.82 Å². The van der Waals surface area contributed by atoms with E-state index in [9.17, 15) is 5.11 Å². The molecule has 0 bridgehead atoms. The molecule has 2 fully saturated rings. The minimum Gasteiger partial charge on any atom is -0.508 e. The molecule has 0 atom stereocenters. The number of aromatic hydroxyl groups is 1. The SMILES string of the molecule is Oc1cccc(-c2nc(N3CCOCC3)c3ncc(CNC4CCCCC4)cc3n2)c1. The average Bonchev–Trinajstić information content (AvgIpc) is 2.83. The first-order valence-electron chi connectivity index (χ1n) is 11.3. The number of pyridine rings is 1. The summed E-state index contributed by atoms with van der Waals surface area (Å²) in [5, 5.41) is 13.6. The number of ether oxygens (including phenoxy) is 1. The number of hydrogen-bond acceptors (Lipinski definition) is 7. The van der Waals surface area contributed by atoms with Crippen molar-refractivity contribution in [3.05, 3.63) is 42.1 Å². The molecule has 1 aliphatic heterocycles. The lowest BCUT2D eigenvalue weighted by Gasteiger charge is -2.28. The predicted octanol–water partition coefficient (Wildman–Crippen LogP) is 3.66. The monoisotopic (exact) mass is 419 g/mol. The van der Waals surface area contributed by atoms with Gasteiger partial charge in [0.05, 0.1) is 18.7 Å². The van der Waals surface area contributed by atoms with Gasteiger partial charge in [0.15, 0.2) is 11.6 Å². The zero-order valence-corrected chi connectivity index (χ0v) is 17.8. The van der Waals surface area contributed by atoms with Crippen molar-refractivity contribution < 1.29 is 9.84 Å². The van der Waals surface area contributed by atoms with Crippen molar-refractivity contribution in [1.82, 2.24) is 20.3 Å². The fraction of sp³-hybridized carbons (Fsp3) is 0.458. The lowest BCUT2D eigenvalue weighted by atomic mass is 9.95. The van der Waals surface area contributed by atoms with Gasteiger partial charge in [0.25, 0.3) is 0 Å². The molecule has 0 spiro atoms. The molecule has 3 heterocycles. The molecule has 1 saturated heterocycles. The third kappa shape index (κ3) is 4.62. The molecule has 3 aromatic rings. The molecule has 5 rings (SSSR count). The Bertz CT molecular complexity index is 1050. The van der Waals surface area contributed by atoms with Crippen LogP contribution in [0.2, 0.25) is 0 Å². The first kappa shape index (κ1) is 20.2. The molecule has 0 unspecified atom stereocenters. The fourth-order valence-corrected chi connectivity index (χ4v) is 4.48. The van der Waals surface area contributed by atoms with E-state index in [-0.39, 0.29) is 5.75 Å². The number of nitrogens with zero attached hydrogens (tertiary/aromatic N) is 4. The third-order valence-electron chi connectivity index (χ3n) is 6.19. The Morgan fingerprint density at radius 1 is 1.06 bits per heavy atom. The summed E-state index contributed by atoms with van der Waals surface area (Å²) >= 11 is 0. The summed E-state index contributed by atoms with van der Waals surface area (Å²) in [6.45, 7) is 3.70. The van der Waals surface area contributed by atoms with Gasteiger partial charge in [0.1, 0.15) is 11.3 Å². The topological polar surface area (TPSA) is 83.4 Å². The van der Waals surface area contributed by atoms with Crippen LogP contribution in [0, 0.1) is 0 Å². The molecule has 31 heavy (non-hydrogen) atoms. The number of nitrogens with one attached hydrogen (secondary N) is 1. The van der Waals surface area contributed by atoms with Gasteiger partial charge in [-0.1, -0.05) is 31.4 Å². The third-order valence-corrected chi connectivity index (χ3v) is 6.19. The number of anilines is 1. The number of phenolic OH excluding ortho intramolecular Hbond substituents is 1. The summed E-state index contributed by atoms with van der Waals surface area (Å²) in [4.78, 5) is 16.7. The number of aromatic nitrogens is 3. The fourth-order valence-electron chi connectivity index (χ4n) is 4.48. The van der Waals surface area contributed by atoms with E-state index in [1.807, 2.05) is 18.3 Å². The predicted molar refractivity (Wildman–Crippen MR) is 121 cm³/mol. The maximum atomic E-state index is 9.94. The maximum absolute atomic E-state index is 9.94. The molecular formula is C24H29N5O2. The van der Waals surface area contributed by atoms with Gasteiger partial charge in [0, 0.05) is 37.4 Å². The Balaban J connectivity index is 1.50. The van der Waals surface area contributed by atoms with Gasteiger partial charge in [-0.2, -0.15) is 0 Å². The largest absolute Gasteiger partial charge is 0.508 e. The average molecular weight is 420 g/mol. The zero-order valence-electron chi connectivity index (χ0n) is 17.8. The minimum absolute atomic E-state index is 0.206. The van der Waals surface area contributed by atoms with Crippen LogP contribution in [0.5, 0.6) is 5.75 Å². The van der Waals surface area contributed by atoms with Crippen LogP contribution in [-0.4, -0.2) is 52.4 Å². The number of hydrogen-bond donors (Lipinski definition) is 2. The number of rotatable bonds is 5. The van der Waals surface area contributed by atoms with Gasteiger partial charge in [-0.05, 0) is 36.6 Å². The summed E-state index contributed by atoms with van der Waals surface area (Å²) in [6, 6.07) is 9.81. The zero-order chi connectivity index (χ0) is 21.0. The van der Waals surface area contributed by atoms with Crippen LogP contribution in [0.3, 0.4) is 0 Å². The first-order chi connectivity index (χ1) is 15.3. The van der Waals surface area contributed by atoms with E-state index in [1.165, 1.54) is 32.1 Å². The molecule has 162 valence electrons. The van der Waals surface area contributed by atoms with Crippen LogP contribution >= 0.6 is 0 Å². The van der Waals surface area contributed by atoms with E-state index in [4.69, 9.17) is 19.7 Å². The number of morpholine rings is 1. The highest BCUT2D eigenvalue weighted by atomic mass is 16.5. The summed E-state index contributed by atoms with van der Waals surface area (Å²) in [7, 11) is 0. The van der Waals surface area contributed by atoms with Gasteiger partial charge < -0.3 is 20.1 Å². The Hall–Kier alpha value is -2.77. The van der Waals surface area contributed by atoms with E-state index in [2.05, 4.69) is 16.3 Å². The smallest absolute Gasteiger partial charge is 0.162 e. The molecule has 7 heteroatoms. The Kier molecular flexibility index (Phi) is 5.95. The normalized spacial score (nSPS) is 17.9.